The Morgan fingerprint density at radius 2 is 1.79 bits per heavy atom. The Hall–Kier alpha value is -3.20. The zero-order chi connectivity index (χ0) is 24.6. The molecular formula is C24H34N3O6+. The van der Waals surface area contributed by atoms with Crippen LogP contribution in [0.25, 0.3) is 0 Å². The Balaban J connectivity index is 2.11. The number of amides is 2. The highest BCUT2D eigenvalue weighted by Gasteiger charge is 2.46. The molecule has 0 spiro atoms. The van der Waals surface area contributed by atoms with Gasteiger partial charge in [-0.15, -0.1) is 4.48 Å². The van der Waals surface area contributed by atoms with Gasteiger partial charge in [-0.05, 0) is 39.3 Å². The minimum absolute atomic E-state index is 0.225. The van der Waals surface area contributed by atoms with Crippen molar-refractivity contribution in [2.75, 3.05) is 13.6 Å². The molecule has 1 atom stereocenters. The number of esters is 1. The number of carboxylic acid groups (broad SMARTS) is 1. The predicted molar refractivity (Wildman–Crippen MR) is 126 cm³/mol. The molecule has 1 aromatic rings. The summed E-state index contributed by atoms with van der Waals surface area (Å²) in [6.07, 6.45) is 4.61. The van der Waals surface area contributed by atoms with Crippen molar-refractivity contribution >= 4 is 29.7 Å². The van der Waals surface area contributed by atoms with E-state index in [1.165, 1.54) is 17.3 Å². The van der Waals surface area contributed by atoms with Gasteiger partial charge < -0.3 is 19.5 Å². The van der Waals surface area contributed by atoms with Gasteiger partial charge in [0.1, 0.15) is 17.6 Å². The molecule has 9 nitrogen and oxygen atoms in total. The van der Waals surface area contributed by atoms with Gasteiger partial charge >= 0.3 is 18.2 Å². The van der Waals surface area contributed by atoms with E-state index in [9.17, 15) is 19.5 Å². The van der Waals surface area contributed by atoms with Gasteiger partial charge in [-0.25, -0.2) is 9.79 Å². The third-order valence-electron chi connectivity index (χ3n) is 5.06. The topological polar surface area (TPSA) is 106 Å². The standard InChI is InChI=1S/C24H33N3O6/c1-6-7-8-9-21(28)32-19-12-10-18(11-13-19)27(23(30)31)17-15-25-20(27)14-16-26(5)22(29)33-24(2,3)4/h10-13,15,17H,6-9,14,16H2,1-5H3/p+1. The molecule has 1 aromatic carbocycles. The molecule has 1 aliphatic rings. The maximum atomic E-state index is 12.4. The van der Waals surface area contributed by atoms with Crippen molar-refractivity contribution in [3.8, 4) is 5.75 Å². The highest BCUT2D eigenvalue weighted by molar-refractivity contribution is 6.11. The number of amidine groups is 1. The lowest BCUT2D eigenvalue weighted by molar-refractivity contribution is -0.134. The van der Waals surface area contributed by atoms with E-state index in [-0.39, 0.29) is 18.9 Å². The Morgan fingerprint density at radius 3 is 2.36 bits per heavy atom. The Labute approximate surface area is 194 Å². The molecule has 2 amide bonds. The fourth-order valence-corrected chi connectivity index (χ4v) is 3.31. The molecule has 0 bridgehead atoms. The molecule has 33 heavy (non-hydrogen) atoms. The van der Waals surface area contributed by atoms with Crippen LogP contribution in [0.3, 0.4) is 0 Å². The fraction of sp³-hybridized carbons (Fsp3) is 0.500. The van der Waals surface area contributed by atoms with Crippen LogP contribution in [-0.2, 0) is 9.53 Å². The van der Waals surface area contributed by atoms with Gasteiger partial charge in [0.05, 0.1) is 12.6 Å². The van der Waals surface area contributed by atoms with E-state index in [4.69, 9.17) is 9.47 Å². The molecule has 1 unspecified atom stereocenters. The van der Waals surface area contributed by atoms with Crippen molar-refractivity contribution in [2.45, 2.75) is 65.4 Å². The molecule has 180 valence electrons. The van der Waals surface area contributed by atoms with Crippen LogP contribution >= 0.6 is 0 Å². The summed E-state index contributed by atoms with van der Waals surface area (Å²) >= 11 is 0. The summed E-state index contributed by atoms with van der Waals surface area (Å²) < 4.78 is 10.1. The van der Waals surface area contributed by atoms with E-state index >= 15 is 0 Å². The van der Waals surface area contributed by atoms with Gasteiger partial charge in [0, 0.05) is 32.1 Å². The van der Waals surface area contributed by atoms with Crippen LogP contribution < -0.4 is 9.22 Å². The molecule has 0 saturated carbocycles. The van der Waals surface area contributed by atoms with E-state index in [0.29, 0.717) is 23.7 Å². The first kappa shape index (κ1) is 26.1. The van der Waals surface area contributed by atoms with Crippen LogP contribution in [0.4, 0.5) is 15.3 Å². The fourth-order valence-electron chi connectivity index (χ4n) is 3.31. The first-order valence-corrected chi connectivity index (χ1v) is 11.1. The molecule has 9 heteroatoms. The van der Waals surface area contributed by atoms with Crippen LogP contribution in [0.15, 0.2) is 41.7 Å². The summed E-state index contributed by atoms with van der Waals surface area (Å²) in [5.74, 6) is 0.393. The summed E-state index contributed by atoms with van der Waals surface area (Å²) in [5.41, 5.74) is -0.194. The number of rotatable bonds is 9. The lowest BCUT2D eigenvalue weighted by Gasteiger charge is -2.28. The molecule has 1 aliphatic heterocycles. The molecule has 0 saturated heterocycles. The van der Waals surface area contributed by atoms with Gasteiger partial charge in [0.25, 0.3) is 0 Å². The van der Waals surface area contributed by atoms with Gasteiger partial charge in [-0.1, -0.05) is 19.8 Å². The summed E-state index contributed by atoms with van der Waals surface area (Å²) in [5, 5.41) is 10.1. The zero-order valence-corrected chi connectivity index (χ0v) is 20.0. The van der Waals surface area contributed by atoms with Crippen LogP contribution in [0.1, 0.15) is 59.8 Å². The summed E-state index contributed by atoms with van der Waals surface area (Å²) in [6.45, 7) is 7.63. The Bertz CT molecular complexity index is 917. The number of benzene rings is 1. The highest BCUT2D eigenvalue weighted by Crippen LogP contribution is 2.32. The number of aliphatic imine (C=N–C) groups is 1. The van der Waals surface area contributed by atoms with Crippen LogP contribution in [-0.4, -0.2) is 53.2 Å². The van der Waals surface area contributed by atoms with Crippen molar-refractivity contribution in [2.24, 2.45) is 4.99 Å². The number of hydrogen-bond acceptors (Lipinski definition) is 6. The second-order valence-electron chi connectivity index (χ2n) is 8.93. The molecular weight excluding hydrogens is 426 g/mol. The monoisotopic (exact) mass is 460 g/mol. The van der Waals surface area contributed by atoms with E-state index in [1.807, 2.05) is 0 Å². The van der Waals surface area contributed by atoms with Crippen molar-refractivity contribution in [3.63, 3.8) is 0 Å². The summed E-state index contributed by atoms with van der Waals surface area (Å²) in [7, 11) is 1.59. The number of carbonyl (C=O) groups excluding carboxylic acids is 2. The third kappa shape index (κ3) is 6.89. The van der Waals surface area contributed by atoms with Gasteiger partial charge in [0.15, 0.2) is 5.69 Å². The normalized spacial score (nSPS) is 17.4. The maximum Gasteiger partial charge on any atom is 0.529 e. The quantitative estimate of drug-likeness (QED) is 0.232. The van der Waals surface area contributed by atoms with Crippen molar-refractivity contribution in [1.82, 2.24) is 9.38 Å². The number of quaternary nitrogens is 1. The molecule has 0 aliphatic carbocycles. The van der Waals surface area contributed by atoms with Crippen molar-refractivity contribution < 1.29 is 29.0 Å². The third-order valence-corrected chi connectivity index (χ3v) is 5.06. The summed E-state index contributed by atoms with van der Waals surface area (Å²) in [6, 6.07) is 6.36. The van der Waals surface area contributed by atoms with E-state index in [0.717, 1.165) is 19.3 Å². The Morgan fingerprint density at radius 1 is 1.12 bits per heavy atom. The number of hydrogen-bond donors (Lipinski definition) is 1. The molecule has 2 rings (SSSR count). The first-order valence-electron chi connectivity index (χ1n) is 11.1. The van der Waals surface area contributed by atoms with Gasteiger partial charge in [-0.3, -0.25) is 4.79 Å². The number of nitrogens with zero attached hydrogens (tertiary/aromatic N) is 3. The molecule has 1 N–H and O–H groups in total. The number of unbranched alkanes of at least 4 members (excludes halogenated alkanes) is 2. The van der Waals surface area contributed by atoms with Crippen LogP contribution in [0.5, 0.6) is 5.75 Å². The SMILES string of the molecule is CCCCCC(=O)Oc1ccc([N+]2(C(=O)O)C=CN=C2CCN(C)C(=O)OC(C)(C)C)cc1. The Kier molecular flexibility index (Phi) is 8.76. The zero-order valence-electron chi connectivity index (χ0n) is 20.0. The molecule has 0 radical (unpaired) electrons. The molecule has 0 aromatic heterocycles. The van der Waals surface area contributed by atoms with Crippen LogP contribution in [0.2, 0.25) is 0 Å². The van der Waals surface area contributed by atoms with Crippen molar-refractivity contribution in [3.05, 3.63) is 36.7 Å². The number of ether oxygens (including phenoxy) is 2. The van der Waals surface area contributed by atoms with Crippen LogP contribution in [0, 0.1) is 0 Å². The predicted octanol–water partition coefficient (Wildman–Crippen LogP) is 5.30. The van der Waals surface area contributed by atoms with E-state index < -0.39 is 22.3 Å². The van der Waals surface area contributed by atoms with E-state index in [1.54, 1.807) is 52.1 Å². The first-order chi connectivity index (χ1) is 15.5. The minimum atomic E-state index is -1.13. The number of carbonyl (C=O) groups is 3. The average molecular weight is 461 g/mol. The maximum absolute atomic E-state index is 12.4. The highest BCUT2D eigenvalue weighted by atomic mass is 16.6. The second kappa shape index (κ2) is 11.1. The largest absolute Gasteiger partial charge is 0.529 e. The molecule has 0 fully saturated rings. The van der Waals surface area contributed by atoms with Crippen molar-refractivity contribution in [1.29, 1.82) is 0 Å². The minimum Gasteiger partial charge on any atom is -0.444 e. The lowest BCUT2D eigenvalue weighted by Crippen LogP contribution is -2.52. The van der Waals surface area contributed by atoms with E-state index in [2.05, 4.69) is 11.9 Å². The average Bonchev–Trinajstić information content (AvgIpc) is 3.16. The summed E-state index contributed by atoms with van der Waals surface area (Å²) in [4.78, 5) is 42.2. The second-order valence-corrected chi connectivity index (χ2v) is 8.93. The lowest BCUT2D eigenvalue weighted by atomic mass is 10.2. The smallest absolute Gasteiger partial charge is 0.444 e. The van der Waals surface area contributed by atoms with Gasteiger partial charge in [-0.2, -0.15) is 4.79 Å². The molecule has 1 heterocycles. The van der Waals surface area contributed by atoms with Gasteiger partial charge in [0.2, 0.25) is 5.84 Å².